The number of aromatic nitrogens is 3. The molecule has 0 unspecified atom stereocenters. The summed E-state index contributed by atoms with van der Waals surface area (Å²) in [7, 11) is 0. The van der Waals surface area contributed by atoms with E-state index in [0.29, 0.717) is 17.0 Å². The summed E-state index contributed by atoms with van der Waals surface area (Å²) in [6.07, 6.45) is 1.85. The van der Waals surface area contributed by atoms with Gasteiger partial charge in [-0.3, -0.25) is 19.5 Å². The molecule has 2 aromatic rings. The molecule has 0 bridgehead atoms. The van der Waals surface area contributed by atoms with Crippen molar-refractivity contribution in [1.82, 2.24) is 14.1 Å². The maximum absolute atomic E-state index is 12.1. The zero-order valence-corrected chi connectivity index (χ0v) is 9.60. The Hall–Kier alpha value is -2.11. The minimum absolute atomic E-state index is 0.0595. The molecule has 0 fully saturated rings. The second-order valence-corrected chi connectivity index (χ2v) is 4.43. The van der Waals surface area contributed by atoms with Crippen LogP contribution in [0, 0.1) is 0 Å². The number of hydrogen-bond donors (Lipinski definition) is 1. The highest BCUT2D eigenvalue weighted by molar-refractivity contribution is 5.93. The van der Waals surface area contributed by atoms with Crippen LogP contribution in [0.4, 0.5) is 5.95 Å². The Kier molecular flexibility index (Phi) is 1.89. The number of nitrogens with one attached hydrogen (secondary N) is 1. The van der Waals surface area contributed by atoms with Gasteiger partial charge in [0.1, 0.15) is 12.2 Å². The fourth-order valence-corrected chi connectivity index (χ4v) is 2.09. The molecular weight excluding hydrogens is 220 g/mol. The van der Waals surface area contributed by atoms with Gasteiger partial charge in [-0.15, -0.1) is 0 Å². The first-order valence-corrected chi connectivity index (χ1v) is 5.49. The van der Waals surface area contributed by atoms with E-state index in [1.165, 1.54) is 4.57 Å². The van der Waals surface area contributed by atoms with E-state index in [4.69, 9.17) is 0 Å². The molecule has 1 aliphatic heterocycles. The molecule has 3 rings (SSSR count). The van der Waals surface area contributed by atoms with Gasteiger partial charge >= 0.3 is 0 Å². The van der Waals surface area contributed by atoms with Crippen LogP contribution < -0.4 is 10.9 Å². The van der Waals surface area contributed by atoms with Crippen LogP contribution in [-0.4, -0.2) is 20.0 Å². The average Bonchev–Trinajstić information content (AvgIpc) is 2.81. The fourth-order valence-electron chi connectivity index (χ4n) is 2.09. The minimum atomic E-state index is -0.196. The van der Waals surface area contributed by atoms with Crippen LogP contribution in [0.1, 0.15) is 19.9 Å². The maximum Gasteiger partial charge on any atom is 0.264 e. The summed E-state index contributed by atoms with van der Waals surface area (Å²) in [5, 5.41) is 3.14. The summed E-state index contributed by atoms with van der Waals surface area (Å²) in [6, 6.07) is 1.97. The first-order valence-electron chi connectivity index (χ1n) is 5.49. The lowest BCUT2D eigenvalue weighted by molar-refractivity contribution is -0.115. The van der Waals surface area contributed by atoms with Crippen molar-refractivity contribution in [2.75, 3.05) is 5.32 Å². The predicted octanol–water partition coefficient (Wildman–Crippen LogP) is 0.731. The third-order valence-corrected chi connectivity index (χ3v) is 2.94. The van der Waals surface area contributed by atoms with E-state index in [1.54, 1.807) is 6.07 Å². The van der Waals surface area contributed by atoms with Gasteiger partial charge in [-0.25, -0.2) is 0 Å². The van der Waals surface area contributed by atoms with E-state index in [-0.39, 0.29) is 24.1 Å². The first-order chi connectivity index (χ1) is 8.08. The molecule has 1 N–H and O–H groups in total. The molecule has 88 valence electrons. The monoisotopic (exact) mass is 232 g/mol. The van der Waals surface area contributed by atoms with Gasteiger partial charge in [0.25, 0.3) is 5.56 Å². The Morgan fingerprint density at radius 1 is 1.41 bits per heavy atom. The van der Waals surface area contributed by atoms with E-state index >= 15 is 0 Å². The molecule has 0 radical (unpaired) electrons. The summed E-state index contributed by atoms with van der Waals surface area (Å²) < 4.78 is 3.29. The van der Waals surface area contributed by atoms with Gasteiger partial charge in [-0.2, -0.15) is 4.98 Å². The van der Waals surface area contributed by atoms with Crippen molar-refractivity contribution in [2.45, 2.75) is 26.4 Å². The molecule has 3 heterocycles. The van der Waals surface area contributed by atoms with Gasteiger partial charge in [-0.05, 0) is 19.9 Å². The number of anilines is 1. The Balaban J connectivity index is 2.37. The third kappa shape index (κ3) is 1.30. The topological polar surface area (TPSA) is 68.9 Å². The first kappa shape index (κ1) is 10.1. The normalized spacial score (nSPS) is 14.4. The van der Waals surface area contributed by atoms with Crippen molar-refractivity contribution < 1.29 is 4.79 Å². The molecule has 0 atom stereocenters. The highest BCUT2D eigenvalue weighted by Gasteiger charge is 2.22. The van der Waals surface area contributed by atoms with Gasteiger partial charge in [-0.1, -0.05) is 0 Å². The Morgan fingerprint density at radius 3 is 2.88 bits per heavy atom. The maximum atomic E-state index is 12.1. The Labute approximate surface area is 96.9 Å². The average molecular weight is 232 g/mol. The molecule has 6 nitrogen and oxygen atoms in total. The molecule has 1 amide bonds. The zero-order valence-electron chi connectivity index (χ0n) is 9.60. The van der Waals surface area contributed by atoms with Crippen molar-refractivity contribution >= 4 is 22.9 Å². The van der Waals surface area contributed by atoms with Crippen LogP contribution in [0.2, 0.25) is 0 Å². The molecule has 0 saturated carbocycles. The largest absolute Gasteiger partial charge is 0.330 e. The summed E-state index contributed by atoms with van der Waals surface area (Å²) >= 11 is 0. The molecule has 2 aromatic heterocycles. The number of fused-ring (bicyclic) bond motifs is 2. The van der Waals surface area contributed by atoms with E-state index in [2.05, 4.69) is 10.3 Å². The number of carbonyl (C=O) groups excluding carboxylic acids is 1. The van der Waals surface area contributed by atoms with Gasteiger partial charge in [0.2, 0.25) is 11.9 Å². The van der Waals surface area contributed by atoms with E-state index in [9.17, 15) is 9.59 Å². The standard InChI is InChI=1S/C11H12N4O2/c1-6(2)14-4-3-7-9(14)13-11-12-8(16)5-15(11)10(7)17/h3-4,6H,5H2,1-2H3,(H,12,13,16). The predicted molar refractivity (Wildman–Crippen MR) is 63.0 cm³/mol. The molecule has 0 aromatic carbocycles. The lowest BCUT2D eigenvalue weighted by Gasteiger charge is -2.09. The number of nitrogens with zero attached hydrogens (tertiary/aromatic N) is 3. The second kappa shape index (κ2) is 3.19. The molecular formula is C11H12N4O2. The SMILES string of the molecule is CC(C)n1ccc2c(=O)n3c(nc21)NC(=O)C3. The van der Waals surface area contributed by atoms with Crippen LogP contribution in [-0.2, 0) is 11.3 Å². The fraction of sp³-hybridized carbons (Fsp3) is 0.364. The van der Waals surface area contributed by atoms with Gasteiger partial charge in [0.15, 0.2) is 0 Å². The molecule has 0 aliphatic carbocycles. The van der Waals surface area contributed by atoms with Crippen molar-refractivity contribution in [3.8, 4) is 0 Å². The lowest BCUT2D eigenvalue weighted by atomic mass is 10.4. The van der Waals surface area contributed by atoms with E-state index in [1.807, 2.05) is 24.6 Å². The number of hydrogen-bond acceptors (Lipinski definition) is 3. The van der Waals surface area contributed by atoms with Gasteiger partial charge < -0.3 is 4.57 Å². The van der Waals surface area contributed by atoms with Crippen LogP contribution in [0.25, 0.3) is 11.0 Å². The lowest BCUT2D eigenvalue weighted by Crippen LogP contribution is -2.19. The van der Waals surface area contributed by atoms with Gasteiger partial charge in [0, 0.05) is 12.2 Å². The van der Waals surface area contributed by atoms with Crippen LogP contribution in [0.5, 0.6) is 0 Å². The smallest absolute Gasteiger partial charge is 0.264 e. The Morgan fingerprint density at radius 2 is 2.18 bits per heavy atom. The van der Waals surface area contributed by atoms with Crippen LogP contribution in [0.15, 0.2) is 17.1 Å². The summed E-state index contributed by atoms with van der Waals surface area (Å²) in [5.74, 6) is 0.145. The van der Waals surface area contributed by atoms with Crippen molar-refractivity contribution in [3.63, 3.8) is 0 Å². The molecule has 0 spiro atoms. The van der Waals surface area contributed by atoms with Crippen LogP contribution in [0.3, 0.4) is 0 Å². The quantitative estimate of drug-likeness (QED) is 0.788. The highest BCUT2D eigenvalue weighted by atomic mass is 16.2. The number of amides is 1. The van der Waals surface area contributed by atoms with E-state index in [0.717, 1.165) is 0 Å². The molecule has 0 saturated heterocycles. The number of rotatable bonds is 1. The molecule has 6 heteroatoms. The minimum Gasteiger partial charge on any atom is -0.330 e. The van der Waals surface area contributed by atoms with Crippen molar-refractivity contribution in [2.24, 2.45) is 0 Å². The van der Waals surface area contributed by atoms with E-state index < -0.39 is 0 Å². The second-order valence-electron chi connectivity index (χ2n) is 4.43. The zero-order chi connectivity index (χ0) is 12.2. The third-order valence-electron chi connectivity index (χ3n) is 2.94. The van der Waals surface area contributed by atoms with Crippen LogP contribution >= 0.6 is 0 Å². The van der Waals surface area contributed by atoms with Gasteiger partial charge in [0.05, 0.1) is 5.39 Å². The van der Waals surface area contributed by atoms with Crippen molar-refractivity contribution in [1.29, 1.82) is 0 Å². The molecule has 1 aliphatic rings. The summed E-state index contributed by atoms with van der Waals surface area (Å²) in [6.45, 7) is 4.10. The number of carbonyl (C=O) groups is 1. The van der Waals surface area contributed by atoms with Crippen molar-refractivity contribution in [3.05, 3.63) is 22.6 Å². The summed E-state index contributed by atoms with van der Waals surface area (Å²) in [4.78, 5) is 27.7. The molecule has 17 heavy (non-hydrogen) atoms. The summed E-state index contributed by atoms with van der Waals surface area (Å²) in [5.41, 5.74) is 0.459. The Bertz CT molecular complexity index is 681. The highest BCUT2D eigenvalue weighted by Crippen LogP contribution is 2.19.